The van der Waals surface area contributed by atoms with Gasteiger partial charge in [0.25, 0.3) is 5.91 Å². The number of rotatable bonds is 4. The average molecular weight is 392 g/mol. The van der Waals surface area contributed by atoms with Crippen LogP contribution in [0, 0.1) is 0 Å². The molecule has 1 N–H and O–H groups in total. The standard InChI is InChI=1S/C24H22ClNO2/c1-24(2,3)19-12-10-16(11-13-19)22(27)17-6-5-9-21(15-17)26-23(28)18-7-4-8-20(25)14-18/h4-15H,1-3H3,(H,26,28). The van der Waals surface area contributed by atoms with Gasteiger partial charge in [0.15, 0.2) is 5.78 Å². The number of carbonyl (C=O) groups is 2. The van der Waals surface area contributed by atoms with E-state index in [-0.39, 0.29) is 17.1 Å². The molecule has 0 saturated carbocycles. The Balaban J connectivity index is 1.79. The SMILES string of the molecule is CC(C)(C)c1ccc(C(=O)c2cccc(NC(=O)c3cccc(Cl)c3)c2)cc1. The predicted octanol–water partition coefficient (Wildman–Crippen LogP) is 6.12. The van der Waals surface area contributed by atoms with E-state index >= 15 is 0 Å². The lowest BCUT2D eigenvalue weighted by Crippen LogP contribution is -2.13. The third kappa shape index (κ3) is 4.68. The Hall–Kier alpha value is -2.91. The van der Waals surface area contributed by atoms with E-state index in [0.717, 1.165) is 0 Å². The summed E-state index contributed by atoms with van der Waals surface area (Å²) in [4.78, 5) is 25.2. The molecule has 0 spiro atoms. The molecule has 4 heteroatoms. The van der Waals surface area contributed by atoms with E-state index in [1.807, 2.05) is 24.3 Å². The molecule has 0 aliphatic carbocycles. The van der Waals surface area contributed by atoms with E-state index in [9.17, 15) is 9.59 Å². The van der Waals surface area contributed by atoms with Crippen LogP contribution in [0.1, 0.15) is 52.6 Å². The minimum Gasteiger partial charge on any atom is -0.322 e. The normalized spacial score (nSPS) is 11.1. The molecule has 1 amide bonds. The van der Waals surface area contributed by atoms with Gasteiger partial charge in [0.1, 0.15) is 0 Å². The van der Waals surface area contributed by atoms with Gasteiger partial charge in [-0.3, -0.25) is 9.59 Å². The second kappa shape index (κ2) is 7.99. The number of hydrogen-bond acceptors (Lipinski definition) is 2. The second-order valence-corrected chi connectivity index (χ2v) is 8.14. The first-order valence-electron chi connectivity index (χ1n) is 9.06. The van der Waals surface area contributed by atoms with Crippen LogP contribution in [0.4, 0.5) is 5.69 Å². The second-order valence-electron chi connectivity index (χ2n) is 7.70. The highest BCUT2D eigenvalue weighted by Crippen LogP contribution is 2.23. The van der Waals surface area contributed by atoms with E-state index in [1.54, 1.807) is 48.5 Å². The lowest BCUT2D eigenvalue weighted by molar-refractivity contribution is 0.102. The molecule has 0 fully saturated rings. The molecule has 28 heavy (non-hydrogen) atoms. The van der Waals surface area contributed by atoms with Crippen molar-refractivity contribution < 1.29 is 9.59 Å². The Labute approximate surface area is 170 Å². The van der Waals surface area contributed by atoms with Crippen molar-refractivity contribution in [3.8, 4) is 0 Å². The first-order valence-corrected chi connectivity index (χ1v) is 9.44. The van der Waals surface area contributed by atoms with Crippen molar-refractivity contribution in [2.75, 3.05) is 5.32 Å². The van der Waals surface area contributed by atoms with Crippen molar-refractivity contribution in [2.45, 2.75) is 26.2 Å². The van der Waals surface area contributed by atoms with Crippen LogP contribution < -0.4 is 5.32 Å². The van der Waals surface area contributed by atoms with Gasteiger partial charge in [0.05, 0.1) is 0 Å². The first kappa shape index (κ1) is 19.8. The molecule has 142 valence electrons. The van der Waals surface area contributed by atoms with Gasteiger partial charge in [-0.05, 0) is 41.3 Å². The Morgan fingerprint density at radius 2 is 1.43 bits per heavy atom. The summed E-state index contributed by atoms with van der Waals surface area (Å²) < 4.78 is 0. The number of benzene rings is 3. The number of carbonyl (C=O) groups excluding carboxylic acids is 2. The van der Waals surface area contributed by atoms with Gasteiger partial charge in [-0.1, -0.05) is 74.8 Å². The Kier molecular flexibility index (Phi) is 5.66. The largest absolute Gasteiger partial charge is 0.322 e. The van der Waals surface area contributed by atoms with Crippen molar-refractivity contribution in [2.24, 2.45) is 0 Å². The molecule has 3 aromatic carbocycles. The Morgan fingerprint density at radius 3 is 2.07 bits per heavy atom. The zero-order valence-electron chi connectivity index (χ0n) is 16.1. The van der Waals surface area contributed by atoms with Crippen molar-refractivity contribution in [3.63, 3.8) is 0 Å². The predicted molar refractivity (Wildman–Crippen MR) is 114 cm³/mol. The van der Waals surface area contributed by atoms with E-state index in [1.165, 1.54) is 5.56 Å². The fourth-order valence-corrected chi connectivity index (χ4v) is 3.05. The topological polar surface area (TPSA) is 46.2 Å². The van der Waals surface area contributed by atoms with Crippen LogP contribution in [0.3, 0.4) is 0 Å². The summed E-state index contributed by atoms with van der Waals surface area (Å²) in [6, 6.07) is 21.3. The van der Waals surface area contributed by atoms with Crippen LogP contribution in [0.5, 0.6) is 0 Å². The van der Waals surface area contributed by atoms with E-state index < -0.39 is 0 Å². The number of nitrogens with one attached hydrogen (secondary N) is 1. The molecule has 0 radical (unpaired) electrons. The number of anilines is 1. The molecule has 0 bridgehead atoms. The summed E-state index contributed by atoms with van der Waals surface area (Å²) in [6.07, 6.45) is 0. The van der Waals surface area contributed by atoms with E-state index in [2.05, 4.69) is 26.1 Å². The highest BCUT2D eigenvalue weighted by molar-refractivity contribution is 6.31. The van der Waals surface area contributed by atoms with Gasteiger partial charge in [0, 0.05) is 27.4 Å². The van der Waals surface area contributed by atoms with Gasteiger partial charge in [-0.2, -0.15) is 0 Å². The number of halogens is 1. The highest BCUT2D eigenvalue weighted by Gasteiger charge is 2.15. The molecule has 0 aromatic heterocycles. The molecule has 0 atom stereocenters. The van der Waals surface area contributed by atoms with Crippen LogP contribution in [0.2, 0.25) is 5.02 Å². The number of amides is 1. The van der Waals surface area contributed by atoms with Crippen LogP contribution in [-0.4, -0.2) is 11.7 Å². The smallest absolute Gasteiger partial charge is 0.255 e. The molecule has 0 aliphatic rings. The molecule has 0 aliphatic heterocycles. The maximum absolute atomic E-state index is 12.8. The fourth-order valence-electron chi connectivity index (χ4n) is 2.86. The van der Waals surface area contributed by atoms with Crippen LogP contribution >= 0.6 is 11.6 Å². The van der Waals surface area contributed by atoms with Crippen LogP contribution in [0.25, 0.3) is 0 Å². The Bertz CT molecular complexity index is 1020. The number of hydrogen-bond donors (Lipinski definition) is 1. The highest BCUT2D eigenvalue weighted by atomic mass is 35.5. The summed E-state index contributed by atoms with van der Waals surface area (Å²) in [7, 11) is 0. The lowest BCUT2D eigenvalue weighted by Gasteiger charge is -2.19. The molecule has 0 saturated heterocycles. The van der Waals surface area contributed by atoms with Crippen LogP contribution in [0.15, 0.2) is 72.8 Å². The average Bonchev–Trinajstić information content (AvgIpc) is 2.67. The molecule has 3 rings (SSSR count). The molecular weight excluding hydrogens is 370 g/mol. The van der Waals surface area contributed by atoms with E-state index in [0.29, 0.717) is 27.4 Å². The van der Waals surface area contributed by atoms with Gasteiger partial charge >= 0.3 is 0 Å². The monoisotopic (exact) mass is 391 g/mol. The molecule has 3 aromatic rings. The minimum atomic E-state index is -0.276. The number of ketones is 1. The zero-order chi connectivity index (χ0) is 20.3. The summed E-state index contributed by atoms with van der Waals surface area (Å²) in [5, 5.41) is 3.31. The summed E-state index contributed by atoms with van der Waals surface area (Å²) in [5.74, 6) is -0.360. The minimum absolute atomic E-state index is 0.0338. The van der Waals surface area contributed by atoms with Gasteiger partial charge in [-0.25, -0.2) is 0 Å². The molecule has 0 unspecified atom stereocenters. The summed E-state index contributed by atoms with van der Waals surface area (Å²) >= 11 is 5.94. The van der Waals surface area contributed by atoms with Gasteiger partial charge in [-0.15, -0.1) is 0 Å². The lowest BCUT2D eigenvalue weighted by atomic mass is 9.86. The summed E-state index contributed by atoms with van der Waals surface area (Å²) in [5.41, 5.74) is 3.36. The van der Waals surface area contributed by atoms with Crippen molar-refractivity contribution in [3.05, 3.63) is 100 Å². The third-order valence-electron chi connectivity index (χ3n) is 4.48. The maximum atomic E-state index is 12.8. The first-order chi connectivity index (χ1) is 13.2. The molecule has 3 nitrogen and oxygen atoms in total. The summed E-state index contributed by atoms with van der Waals surface area (Å²) in [6.45, 7) is 6.40. The quantitative estimate of drug-likeness (QED) is 0.544. The van der Waals surface area contributed by atoms with Crippen molar-refractivity contribution >= 4 is 29.0 Å². The fraction of sp³-hybridized carbons (Fsp3) is 0.167. The van der Waals surface area contributed by atoms with Crippen molar-refractivity contribution in [1.82, 2.24) is 0 Å². The maximum Gasteiger partial charge on any atom is 0.255 e. The zero-order valence-corrected chi connectivity index (χ0v) is 16.9. The molecule has 0 heterocycles. The van der Waals surface area contributed by atoms with E-state index in [4.69, 9.17) is 11.6 Å². The van der Waals surface area contributed by atoms with Crippen LogP contribution in [-0.2, 0) is 5.41 Å². The van der Waals surface area contributed by atoms with Gasteiger partial charge in [0.2, 0.25) is 0 Å². The molecular formula is C24H22ClNO2. The van der Waals surface area contributed by atoms with Gasteiger partial charge < -0.3 is 5.32 Å². The van der Waals surface area contributed by atoms with Crippen molar-refractivity contribution in [1.29, 1.82) is 0 Å². The Morgan fingerprint density at radius 1 is 0.786 bits per heavy atom. The third-order valence-corrected chi connectivity index (χ3v) is 4.72.